The normalized spacial score (nSPS) is 19.4. The summed E-state index contributed by atoms with van der Waals surface area (Å²) in [6, 6.07) is 6.51. The lowest BCUT2D eigenvalue weighted by Gasteiger charge is -2.11. The molecule has 1 fully saturated rings. The molecule has 0 saturated carbocycles. The summed E-state index contributed by atoms with van der Waals surface area (Å²) in [6.45, 7) is 0.343. The molecule has 1 unspecified atom stereocenters. The molecule has 2 aromatic rings. The van der Waals surface area contributed by atoms with Gasteiger partial charge in [0.2, 0.25) is 0 Å². The highest BCUT2D eigenvalue weighted by atomic mass is 32.2. The third-order valence-corrected chi connectivity index (χ3v) is 5.94. The molecule has 1 aromatic carbocycles. The molecule has 3 rings (SSSR count). The second-order valence-corrected chi connectivity index (χ2v) is 8.32. The van der Waals surface area contributed by atoms with Crippen molar-refractivity contribution in [3.8, 4) is 5.75 Å². The Morgan fingerprint density at radius 2 is 2.30 bits per heavy atom. The first-order chi connectivity index (χ1) is 11.0. The fraction of sp³-hybridized carbons (Fsp3) is 0.333. The average Bonchev–Trinajstić information content (AvgIpc) is 3.15. The summed E-state index contributed by atoms with van der Waals surface area (Å²) >= 11 is 1.50. The van der Waals surface area contributed by atoms with Gasteiger partial charge in [-0.3, -0.25) is 4.79 Å². The van der Waals surface area contributed by atoms with Gasteiger partial charge in [0.25, 0.3) is 5.91 Å². The smallest absolute Gasteiger partial charge is 0.251 e. The van der Waals surface area contributed by atoms with Gasteiger partial charge >= 0.3 is 0 Å². The molecule has 1 aliphatic rings. The number of benzene rings is 1. The van der Waals surface area contributed by atoms with Gasteiger partial charge in [0.15, 0.2) is 9.84 Å². The summed E-state index contributed by atoms with van der Waals surface area (Å²) in [4.78, 5) is 16.4. The number of hydrogen-bond donors (Lipinski definition) is 1. The standard InChI is InChI=1S/C15H16N2O4S2/c18-15(17-12-4-5-23(19,20)9-12)11-2-1-3-14(6-11)21-7-13-8-22-10-16-13/h1-3,6,8,10,12H,4-5,7,9H2,(H,17,18). The van der Waals surface area contributed by atoms with Crippen molar-refractivity contribution in [2.75, 3.05) is 11.5 Å². The van der Waals surface area contributed by atoms with Crippen LogP contribution in [0.4, 0.5) is 0 Å². The minimum absolute atomic E-state index is 0.0127. The Morgan fingerprint density at radius 3 is 3.00 bits per heavy atom. The van der Waals surface area contributed by atoms with E-state index in [1.54, 1.807) is 29.8 Å². The molecule has 122 valence electrons. The topological polar surface area (TPSA) is 85.4 Å². The van der Waals surface area contributed by atoms with Crippen LogP contribution in [-0.2, 0) is 16.4 Å². The molecule has 1 aliphatic heterocycles. The van der Waals surface area contributed by atoms with Gasteiger partial charge in [-0.1, -0.05) is 6.07 Å². The maximum Gasteiger partial charge on any atom is 0.251 e. The monoisotopic (exact) mass is 352 g/mol. The summed E-state index contributed by atoms with van der Waals surface area (Å²) in [6.07, 6.45) is 0.466. The van der Waals surface area contributed by atoms with Crippen LogP contribution in [0.3, 0.4) is 0 Å². The van der Waals surface area contributed by atoms with Crippen molar-refractivity contribution in [1.82, 2.24) is 10.3 Å². The van der Waals surface area contributed by atoms with Crippen molar-refractivity contribution in [2.45, 2.75) is 19.1 Å². The van der Waals surface area contributed by atoms with Gasteiger partial charge in [-0.05, 0) is 24.6 Å². The molecule has 0 radical (unpaired) electrons. The first-order valence-corrected chi connectivity index (χ1v) is 9.89. The van der Waals surface area contributed by atoms with E-state index in [9.17, 15) is 13.2 Å². The average molecular weight is 352 g/mol. The van der Waals surface area contributed by atoms with Crippen LogP contribution >= 0.6 is 11.3 Å². The second kappa shape index (κ2) is 6.67. The lowest BCUT2D eigenvalue weighted by Crippen LogP contribution is -2.35. The lowest BCUT2D eigenvalue weighted by molar-refractivity contribution is 0.0940. The summed E-state index contributed by atoms with van der Waals surface area (Å²) in [7, 11) is -3.01. The summed E-state index contributed by atoms with van der Waals surface area (Å²) in [5.74, 6) is 0.434. The number of hydrogen-bond acceptors (Lipinski definition) is 6. The number of amides is 1. The summed E-state index contributed by atoms with van der Waals surface area (Å²) in [5, 5.41) is 4.66. The largest absolute Gasteiger partial charge is 0.487 e. The van der Waals surface area contributed by atoms with Crippen molar-refractivity contribution >= 4 is 27.1 Å². The first kappa shape index (κ1) is 15.9. The highest BCUT2D eigenvalue weighted by molar-refractivity contribution is 7.91. The van der Waals surface area contributed by atoms with Gasteiger partial charge in [-0.15, -0.1) is 11.3 Å². The Morgan fingerprint density at radius 1 is 1.43 bits per heavy atom. The fourth-order valence-corrected chi connectivity index (χ4v) is 4.59. The molecule has 1 saturated heterocycles. The number of ether oxygens (including phenoxy) is 1. The Labute approximate surface area is 138 Å². The number of nitrogens with one attached hydrogen (secondary N) is 1. The van der Waals surface area contributed by atoms with E-state index in [0.717, 1.165) is 5.69 Å². The minimum Gasteiger partial charge on any atom is -0.487 e. The predicted octanol–water partition coefficient (Wildman–Crippen LogP) is 1.64. The van der Waals surface area contributed by atoms with E-state index < -0.39 is 9.84 Å². The van der Waals surface area contributed by atoms with Crippen molar-refractivity contribution in [1.29, 1.82) is 0 Å². The quantitative estimate of drug-likeness (QED) is 0.884. The van der Waals surface area contributed by atoms with Gasteiger partial charge in [-0.25, -0.2) is 13.4 Å². The number of carbonyl (C=O) groups excluding carboxylic acids is 1. The van der Waals surface area contributed by atoms with Crippen molar-refractivity contribution < 1.29 is 17.9 Å². The number of thiazole rings is 1. The van der Waals surface area contributed by atoms with Gasteiger partial charge < -0.3 is 10.1 Å². The SMILES string of the molecule is O=C(NC1CCS(=O)(=O)C1)c1cccc(OCc2cscn2)c1. The molecule has 1 amide bonds. The highest BCUT2D eigenvalue weighted by Gasteiger charge is 2.29. The molecule has 23 heavy (non-hydrogen) atoms. The van der Waals surface area contributed by atoms with E-state index in [4.69, 9.17) is 4.74 Å². The molecule has 0 aliphatic carbocycles. The Hall–Kier alpha value is -1.93. The Balaban J connectivity index is 1.61. The lowest BCUT2D eigenvalue weighted by atomic mass is 10.2. The molecule has 1 aromatic heterocycles. The molecule has 1 N–H and O–H groups in total. The van der Waals surface area contributed by atoms with E-state index in [1.807, 2.05) is 5.38 Å². The first-order valence-electron chi connectivity index (χ1n) is 7.13. The zero-order valence-electron chi connectivity index (χ0n) is 12.3. The van der Waals surface area contributed by atoms with Gasteiger partial charge in [0, 0.05) is 17.0 Å². The number of nitrogens with zero attached hydrogens (tertiary/aromatic N) is 1. The van der Waals surface area contributed by atoms with Crippen molar-refractivity contribution in [2.24, 2.45) is 0 Å². The zero-order valence-corrected chi connectivity index (χ0v) is 13.9. The van der Waals surface area contributed by atoms with E-state index in [1.165, 1.54) is 11.3 Å². The van der Waals surface area contributed by atoms with Crippen LogP contribution in [0.25, 0.3) is 0 Å². The maximum atomic E-state index is 12.2. The molecule has 2 heterocycles. The van der Waals surface area contributed by atoms with E-state index in [-0.39, 0.29) is 23.5 Å². The van der Waals surface area contributed by atoms with E-state index in [2.05, 4.69) is 10.3 Å². The molecule has 8 heteroatoms. The van der Waals surface area contributed by atoms with Crippen LogP contribution in [0, 0.1) is 0 Å². The van der Waals surface area contributed by atoms with E-state index >= 15 is 0 Å². The molecule has 0 bridgehead atoms. The number of rotatable bonds is 5. The van der Waals surface area contributed by atoms with Crippen LogP contribution in [-0.4, -0.2) is 36.9 Å². The van der Waals surface area contributed by atoms with E-state index in [0.29, 0.717) is 24.3 Å². The van der Waals surface area contributed by atoms with Crippen LogP contribution < -0.4 is 10.1 Å². The Bertz CT molecular complexity index is 788. The van der Waals surface area contributed by atoms with Crippen molar-refractivity contribution in [3.05, 3.63) is 46.4 Å². The fourth-order valence-electron chi connectivity index (χ4n) is 2.37. The van der Waals surface area contributed by atoms with Gasteiger partial charge in [0.1, 0.15) is 12.4 Å². The molecule has 0 spiro atoms. The van der Waals surface area contributed by atoms with Gasteiger partial charge in [0.05, 0.1) is 22.7 Å². The third kappa shape index (κ3) is 4.29. The predicted molar refractivity (Wildman–Crippen MR) is 87.4 cm³/mol. The second-order valence-electron chi connectivity index (χ2n) is 5.37. The summed E-state index contributed by atoms with van der Waals surface area (Å²) in [5.41, 5.74) is 3.02. The molecular formula is C15H16N2O4S2. The van der Waals surface area contributed by atoms with Gasteiger partial charge in [-0.2, -0.15) is 0 Å². The van der Waals surface area contributed by atoms with Crippen molar-refractivity contribution in [3.63, 3.8) is 0 Å². The number of carbonyl (C=O) groups is 1. The molecule has 6 nitrogen and oxygen atoms in total. The highest BCUT2D eigenvalue weighted by Crippen LogP contribution is 2.17. The third-order valence-electron chi connectivity index (χ3n) is 3.53. The maximum absolute atomic E-state index is 12.2. The van der Waals surface area contributed by atoms with Crippen LogP contribution in [0.15, 0.2) is 35.2 Å². The summed E-state index contributed by atoms with van der Waals surface area (Å²) < 4.78 is 28.5. The molecular weight excluding hydrogens is 336 g/mol. The zero-order chi connectivity index (χ0) is 16.3. The number of sulfone groups is 1. The van der Waals surface area contributed by atoms with Crippen LogP contribution in [0.2, 0.25) is 0 Å². The van der Waals surface area contributed by atoms with Crippen LogP contribution in [0.5, 0.6) is 5.75 Å². The molecule has 1 atom stereocenters. The number of aromatic nitrogens is 1. The Kier molecular flexibility index (Phi) is 4.63. The minimum atomic E-state index is -3.01. The van der Waals surface area contributed by atoms with Crippen LogP contribution in [0.1, 0.15) is 22.5 Å².